The molecule has 0 bridgehead atoms. The van der Waals surface area contributed by atoms with Crippen LogP contribution >= 0.6 is 0 Å². The van der Waals surface area contributed by atoms with Gasteiger partial charge >= 0.3 is 0 Å². The number of nitrogens with zero attached hydrogens (tertiary/aromatic N) is 3. The molecule has 1 heterocycles. The van der Waals surface area contributed by atoms with Crippen molar-refractivity contribution in [1.82, 2.24) is 9.97 Å². The Morgan fingerprint density at radius 3 is 2.92 bits per heavy atom. The first-order valence-electron chi connectivity index (χ1n) is 3.73. The Labute approximate surface area is 71.4 Å². The Morgan fingerprint density at radius 2 is 2.33 bits per heavy atom. The summed E-state index contributed by atoms with van der Waals surface area (Å²) in [7, 11) is 1.88. The Hall–Kier alpha value is -1.36. The van der Waals surface area contributed by atoms with Crippen molar-refractivity contribution in [3.63, 3.8) is 0 Å². The lowest BCUT2D eigenvalue weighted by atomic mass is 10.5. The molecule has 0 atom stereocenters. The van der Waals surface area contributed by atoms with Crippen LogP contribution in [-0.4, -0.2) is 30.1 Å². The van der Waals surface area contributed by atoms with E-state index in [2.05, 4.69) is 9.97 Å². The van der Waals surface area contributed by atoms with E-state index in [1.165, 1.54) is 0 Å². The molecule has 0 saturated carbocycles. The van der Waals surface area contributed by atoms with Gasteiger partial charge in [-0.3, -0.25) is 0 Å². The summed E-state index contributed by atoms with van der Waals surface area (Å²) in [6.45, 7) is 1.30. The number of anilines is 2. The average Bonchev–Trinajstić information content (AvgIpc) is 2.05. The molecule has 5 nitrogen and oxygen atoms in total. The van der Waals surface area contributed by atoms with E-state index in [4.69, 9.17) is 11.5 Å². The van der Waals surface area contributed by atoms with E-state index in [9.17, 15) is 0 Å². The number of likely N-dealkylation sites (N-methyl/N-ethyl adjacent to an activating group) is 1. The van der Waals surface area contributed by atoms with Crippen LogP contribution in [0.2, 0.25) is 0 Å². The van der Waals surface area contributed by atoms with Gasteiger partial charge in [0, 0.05) is 26.3 Å². The molecule has 12 heavy (non-hydrogen) atoms. The van der Waals surface area contributed by atoms with Crippen molar-refractivity contribution in [2.75, 3.05) is 30.8 Å². The molecule has 1 rings (SSSR count). The third-order valence-corrected chi connectivity index (χ3v) is 1.47. The van der Waals surface area contributed by atoms with Gasteiger partial charge in [-0.1, -0.05) is 0 Å². The molecular weight excluding hydrogens is 154 g/mol. The maximum atomic E-state index is 5.48. The molecule has 66 valence electrons. The van der Waals surface area contributed by atoms with Crippen LogP contribution in [0.15, 0.2) is 12.3 Å². The van der Waals surface area contributed by atoms with Crippen molar-refractivity contribution < 1.29 is 0 Å². The van der Waals surface area contributed by atoms with Crippen LogP contribution < -0.4 is 16.4 Å². The maximum absolute atomic E-state index is 5.48. The number of hydrogen-bond acceptors (Lipinski definition) is 5. The van der Waals surface area contributed by atoms with Crippen molar-refractivity contribution in [3.05, 3.63) is 12.3 Å². The monoisotopic (exact) mass is 167 g/mol. The number of hydrogen-bond donors (Lipinski definition) is 2. The lowest BCUT2D eigenvalue weighted by molar-refractivity contribution is 0.847. The van der Waals surface area contributed by atoms with E-state index >= 15 is 0 Å². The van der Waals surface area contributed by atoms with E-state index < -0.39 is 0 Å². The first-order valence-corrected chi connectivity index (χ1v) is 3.73. The van der Waals surface area contributed by atoms with Gasteiger partial charge in [0.05, 0.1) is 0 Å². The zero-order chi connectivity index (χ0) is 8.97. The first-order chi connectivity index (χ1) is 5.74. The van der Waals surface area contributed by atoms with Crippen LogP contribution in [0.3, 0.4) is 0 Å². The Morgan fingerprint density at radius 1 is 1.58 bits per heavy atom. The average molecular weight is 167 g/mol. The first kappa shape index (κ1) is 8.73. The minimum absolute atomic E-state index is 0.476. The normalized spacial score (nSPS) is 9.83. The molecule has 0 amide bonds. The summed E-state index contributed by atoms with van der Waals surface area (Å²) in [5.74, 6) is 1.09. The van der Waals surface area contributed by atoms with Gasteiger partial charge in [0.15, 0.2) is 0 Å². The standard InChI is InChI=1S/C7H13N5/c1-12(5-3-8)7-10-4-2-6(9)11-7/h2,4H,3,5,8H2,1H3,(H2,9,10,11). The maximum Gasteiger partial charge on any atom is 0.227 e. The van der Waals surface area contributed by atoms with Gasteiger partial charge in [-0.15, -0.1) is 0 Å². The largest absolute Gasteiger partial charge is 0.384 e. The molecule has 0 unspecified atom stereocenters. The molecule has 0 fully saturated rings. The van der Waals surface area contributed by atoms with Crippen molar-refractivity contribution in [3.8, 4) is 0 Å². The minimum atomic E-state index is 0.476. The number of nitrogen functional groups attached to an aromatic ring is 1. The summed E-state index contributed by atoms with van der Waals surface area (Å²) >= 11 is 0. The van der Waals surface area contributed by atoms with Crippen LogP contribution in [0.25, 0.3) is 0 Å². The van der Waals surface area contributed by atoms with Gasteiger partial charge in [0.2, 0.25) is 5.95 Å². The fraction of sp³-hybridized carbons (Fsp3) is 0.429. The number of aromatic nitrogens is 2. The van der Waals surface area contributed by atoms with Crippen LogP contribution in [0.4, 0.5) is 11.8 Å². The highest BCUT2D eigenvalue weighted by Gasteiger charge is 2.01. The summed E-state index contributed by atoms with van der Waals surface area (Å²) in [5, 5.41) is 0. The van der Waals surface area contributed by atoms with Gasteiger partial charge in [0.1, 0.15) is 5.82 Å². The highest BCUT2D eigenvalue weighted by molar-refractivity contribution is 5.36. The summed E-state index contributed by atoms with van der Waals surface area (Å²) < 4.78 is 0. The predicted octanol–water partition coefficient (Wildman–Crippen LogP) is -0.546. The van der Waals surface area contributed by atoms with Crippen LogP contribution in [0, 0.1) is 0 Å². The molecule has 0 aliphatic heterocycles. The summed E-state index contributed by atoms with van der Waals surface area (Å²) in [4.78, 5) is 9.92. The van der Waals surface area contributed by atoms with Crippen molar-refractivity contribution in [2.45, 2.75) is 0 Å². The Bertz CT molecular complexity index is 249. The minimum Gasteiger partial charge on any atom is -0.384 e. The molecule has 0 saturated heterocycles. The molecule has 1 aromatic rings. The predicted molar refractivity (Wildman–Crippen MR) is 48.8 cm³/mol. The molecule has 0 aliphatic carbocycles. The van der Waals surface area contributed by atoms with Gasteiger partial charge in [-0.05, 0) is 6.07 Å². The second-order valence-corrected chi connectivity index (χ2v) is 2.49. The molecule has 5 heteroatoms. The Balaban J connectivity index is 2.73. The zero-order valence-electron chi connectivity index (χ0n) is 7.07. The highest BCUT2D eigenvalue weighted by atomic mass is 15.2. The number of nitrogens with two attached hydrogens (primary N) is 2. The van der Waals surface area contributed by atoms with E-state index in [0.717, 1.165) is 6.54 Å². The summed E-state index contributed by atoms with van der Waals surface area (Å²) in [6, 6.07) is 1.65. The quantitative estimate of drug-likeness (QED) is 0.631. The SMILES string of the molecule is CN(CCN)c1nccc(N)n1. The van der Waals surface area contributed by atoms with Crippen LogP contribution in [0.5, 0.6) is 0 Å². The molecule has 0 aromatic carbocycles. The highest BCUT2D eigenvalue weighted by Crippen LogP contribution is 2.04. The summed E-state index contributed by atoms with van der Waals surface area (Å²) in [5.41, 5.74) is 10.9. The zero-order valence-corrected chi connectivity index (χ0v) is 7.07. The third kappa shape index (κ3) is 2.06. The molecule has 0 radical (unpaired) electrons. The van der Waals surface area contributed by atoms with Gasteiger partial charge in [-0.2, -0.15) is 4.98 Å². The smallest absolute Gasteiger partial charge is 0.227 e. The Kier molecular flexibility index (Phi) is 2.82. The topological polar surface area (TPSA) is 81.1 Å². The third-order valence-electron chi connectivity index (χ3n) is 1.47. The molecule has 1 aromatic heterocycles. The molecular formula is C7H13N5. The second-order valence-electron chi connectivity index (χ2n) is 2.49. The molecule has 0 spiro atoms. The summed E-state index contributed by atoms with van der Waals surface area (Å²) in [6.07, 6.45) is 1.63. The van der Waals surface area contributed by atoms with E-state index in [1.54, 1.807) is 12.3 Å². The van der Waals surface area contributed by atoms with E-state index in [0.29, 0.717) is 18.3 Å². The molecule has 4 N–H and O–H groups in total. The van der Waals surface area contributed by atoms with E-state index in [1.807, 2.05) is 11.9 Å². The van der Waals surface area contributed by atoms with Gasteiger partial charge in [0.25, 0.3) is 0 Å². The van der Waals surface area contributed by atoms with Crippen molar-refractivity contribution >= 4 is 11.8 Å². The van der Waals surface area contributed by atoms with Gasteiger partial charge in [-0.25, -0.2) is 4.98 Å². The van der Waals surface area contributed by atoms with Crippen LogP contribution in [0.1, 0.15) is 0 Å². The van der Waals surface area contributed by atoms with Crippen LogP contribution in [-0.2, 0) is 0 Å². The number of rotatable bonds is 3. The fourth-order valence-corrected chi connectivity index (χ4v) is 0.839. The lowest BCUT2D eigenvalue weighted by Crippen LogP contribution is -2.26. The molecule has 0 aliphatic rings. The lowest BCUT2D eigenvalue weighted by Gasteiger charge is -2.15. The van der Waals surface area contributed by atoms with Crippen molar-refractivity contribution in [1.29, 1.82) is 0 Å². The fourth-order valence-electron chi connectivity index (χ4n) is 0.839. The van der Waals surface area contributed by atoms with Gasteiger partial charge < -0.3 is 16.4 Å². The second kappa shape index (κ2) is 3.87. The van der Waals surface area contributed by atoms with Crippen molar-refractivity contribution in [2.24, 2.45) is 5.73 Å². The van der Waals surface area contributed by atoms with E-state index in [-0.39, 0.29) is 0 Å².